The highest BCUT2D eigenvalue weighted by Gasteiger charge is 2.66. The highest BCUT2D eigenvalue weighted by atomic mass is 16.3. The lowest BCUT2D eigenvalue weighted by Gasteiger charge is -2.58. The fourth-order valence-electron chi connectivity index (χ4n) is 9.86. The van der Waals surface area contributed by atoms with Crippen LogP contribution in [0.25, 0.3) is 27.4 Å². The van der Waals surface area contributed by atoms with Gasteiger partial charge in [-0.05, 0) is 107 Å². The zero-order chi connectivity index (χ0) is 28.3. The van der Waals surface area contributed by atoms with E-state index in [4.69, 9.17) is 4.98 Å². The van der Waals surface area contributed by atoms with E-state index in [1.165, 1.54) is 29.2 Å². The van der Waals surface area contributed by atoms with Gasteiger partial charge in [0.15, 0.2) is 0 Å². The molecule has 3 bridgehead atoms. The third-order valence-corrected chi connectivity index (χ3v) is 11.5. The van der Waals surface area contributed by atoms with Crippen LogP contribution in [0.1, 0.15) is 76.3 Å². The number of pyridine rings is 1. The summed E-state index contributed by atoms with van der Waals surface area (Å²) in [5, 5.41) is 15.5. The molecular weight excluding hydrogens is 520 g/mol. The quantitative estimate of drug-likeness (QED) is 0.342. The molecule has 6 heteroatoms. The molecule has 1 aliphatic carbocycles. The number of carbonyl (C=O) groups is 1. The Bertz CT molecular complexity index is 1570. The van der Waals surface area contributed by atoms with E-state index >= 15 is 0 Å². The molecule has 2 aromatic heterocycles. The number of fused-ring (bicyclic) bond motifs is 5. The summed E-state index contributed by atoms with van der Waals surface area (Å²) in [6.45, 7) is 4.16. The van der Waals surface area contributed by atoms with Crippen molar-refractivity contribution in [2.75, 3.05) is 26.2 Å². The number of Topliss-reactive ketones (excluding diaryl/α,β-unsaturated/α-hetero) is 1. The minimum atomic E-state index is -0.957. The lowest BCUT2D eigenvalue weighted by Crippen LogP contribution is -2.65. The molecule has 6 heterocycles. The molecule has 0 saturated carbocycles. The molecule has 1 spiro atoms. The fourth-order valence-corrected chi connectivity index (χ4v) is 9.86. The maximum Gasteiger partial charge on any atom is 0.133 e. The standard InChI is InChI=1S/C36H44N4O2/c41-26-10-9-20-40-25(13-14-26)22-35-24-39-19-8-4-2-1-3-7-17-36(42,34(35)40)23-29(30(35)16-21-39)32-33-28(15-18-37-32)27-11-5-6-12-31(27)38-33/h1,3,5-6,11-12,15,18,23,25,30,34,38,42H,2,4,7-10,13-14,16-17,19-22,24H2/b3-1-/t25?,30-,34?,35-,36-/m0/s1. The van der Waals surface area contributed by atoms with Crippen molar-refractivity contribution in [1.82, 2.24) is 19.8 Å². The lowest BCUT2D eigenvalue weighted by molar-refractivity contribution is -0.120. The average molecular weight is 565 g/mol. The molecular formula is C36H44N4O2. The van der Waals surface area contributed by atoms with Gasteiger partial charge in [0.1, 0.15) is 5.78 Å². The van der Waals surface area contributed by atoms with Gasteiger partial charge >= 0.3 is 0 Å². The lowest BCUT2D eigenvalue weighted by atomic mass is 9.54. The number of rotatable bonds is 1. The van der Waals surface area contributed by atoms with Crippen molar-refractivity contribution in [3.05, 3.63) is 60.5 Å². The second kappa shape index (κ2) is 10.4. The molecule has 3 fully saturated rings. The molecule has 3 unspecified atom stereocenters. The molecule has 42 heavy (non-hydrogen) atoms. The van der Waals surface area contributed by atoms with Crippen molar-refractivity contribution in [2.24, 2.45) is 11.3 Å². The van der Waals surface area contributed by atoms with Gasteiger partial charge in [0.05, 0.1) is 16.8 Å². The number of benzene rings is 1. The summed E-state index contributed by atoms with van der Waals surface area (Å²) in [7, 11) is 0. The zero-order valence-electron chi connectivity index (χ0n) is 24.7. The number of nitrogens with one attached hydrogen (secondary N) is 1. The number of allylic oxidation sites excluding steroid dienone is 3. The van der Waals surface area contributed by atoms with Gasteiger partial charge in [-0.25, -0.2) is 0 Å². The summed E-state index contributed by atoms with van der Waals surface area (Å²) >= 11 is 0. The largest absolute Gasteiger partial charge is 0.384 e. The molecule has 1 aromatic carbocycles. The van der Waals surface area contributed by atoms with Gasteiger partial charge in [0.25, 0.3) is 0 Å². The number of hydrogen-bond acceptors (Lipinski definition) is 5. The van der Waals surface area contributed by atoms with Crippen molar-refractivity contribution in [2.45, 2.75) is 88.3 Å². The topological polar surface area (TPSA) is 72.5 Å². The molecule has 0 amide bonds. The van der Waals surface area contributed by atoms with Crippen LogP contribution in [-0.4, -0.2) is 74.5 Å². The molecule has 3 saturated heterocycles. The van der Waals surface area contributed by atoms with Crippen LogP contribution in [0.5, 0.6) is 0 Å². The van der Waals surface area contributed by atoms with Crippen LogP contribution in [0.3, 0.4) is 0 Å². The SMILES string of the molecule is O=C1CCCN2C(CC1)C[C@]13CN4CCCC/C=C\CC[C@](O)(C=C(c5nccc6c5[nH]c5ccccc56)[C@@H]1CC4)C23. The summed E-state index contributed by atoms with van der Waals surface area (Å²) in [4.78, 5) is 26.8. The molecule has 0 radical (unpaired) electrons. The van der Waals surface area contributed by atoms with Gasteiger partial charge in [-0.2, -0.15) is 0 Å². The Balaban J connectivity index is 1.33. The first-order valence-corrected chi connectivity index (χ1v) is 16.5. The van der Waals surface area contributed by atoms with E-state index in [9.17, 15) is 9.90 Å². The summed E-state index contributed by atoms with van der Waals surface area (Å²) in [6.07, 6.45) is 19.4. The van der Waals surface area contributed by atoms with Gasteiger partial charge in [0.2, 0.25) is 0 Å². The molecule has 8 rings (SSSR count). The van der Waals surface area contributed by atoms with E-state index in [1.54, 1.807) is 0 Å². The van der Waals surface area contributed by atoms with Crippen LogP contribution in [0.4, 0.5) is 0 Å². The van der Waals surface area contributed by atoms with E-state index in [0.29, 0.717) is 30.6 Å². The fraction of sp³-hybridized carbons (Fsp3) is 0.556. The van der Waals surface area contributed by atoms with Crippen LogP contribution < -0.4 is 0 Å². The number of nitrogens with zero attached hydrogens (tertiary/aromatic N) is 3. The van der Waals surface area contributed by atoms with Crippen molar-refractivity contribution in [3.8, 4) is 0 Å². The molecule has 220 valence electrons. The minimum Gasteiger partial charge on any atom is -0.384 e. The number of aromatic amines is 1. The molecule has 5 aliphatic rings. The monoisotopic (exact) mass is 564 g/mol. The number of aromatic nitrogens is 2. The van der Waals surface area contributed by atoms with Gasteiger partial charge in [-0.1, -0.05) is 30.4 Å². The first kappa shape index (κ1) is 26.8. The molecule has 4 aliphatic heterocycles. The van der Waals surface area contributed by atoms with Crippen LogP contribution in [0, 0.1) is 11.3 Å². The molecule has 6 atom stereocenters. The summed E-state index contributed by atoms with van der Waals surface area (Å²) in [5.41, 5.74) is 3.47. The van der Waals surface area contributed by atoms with Crippen molar-refractivity contribution in [1.29, 1.82) is 0 Å². The molecule has 2 N–H and O–H groups in total. The first-order chi connectivity index (χ1) is 20.6. The third kappa shape index (κ3) is 4.24. The number of hydrogen-bond donors (Lipinski definition) is 2. The summed E-state index contributed by atoms with van der Waals surface area (Å²) < 4.78 is 0. The van der Waals surface area contributed by atoms with Gasteiger partial charge in [-0.15, -0.1) is 0 Å². The number of ketones is 1. The molecule has 3 aromatic rings. The number of carbonyl (C=O) groups excluding carboxylic acids is 1. The van der Waals surface area contributed by atoms with E-state index < -0.39 is 5.60 Å². The van der Waals surface area contributed by atoms with Crippen molar-refractivity contribution in [3.63, 3.8) is 0 Å². The van der Waals surface area contributed by atoms with Gasteiger partial charge < -0.3 is 15.0 Å². The van der Waals surface area contributed by atoms with Crippen LogP contribution >= 0.6 is 0 Å². The van der Waals surface area contributed by atoms with Gasteiger partial charge in [0, 0.05) is 59.4 Å². The Kier molecular flexibility index (Phi) is 6.65. The second-order valence-electron chi connectivity index (χ2n) is 13.9. The Morgan fingerprint density at radius 1 is 0.952 bits per heavy atom. The normalized spacial score (nSPS) is 36.7. The maximum absolute atomic E-state index is 13.1. The van der Waals surface area contributed by atoms with Crippen LogP contribution in [-0.2, 0) is 4.79 Å². The Labute approximate surface area is 248 Å². The van der Waals surface area contributed by atoms with Crippen molar-refractivity contribution >= 4 is 33.2 Å². The minimum absolute atomic E-state index is 0.0656. The number of H-pyrrole nitrogens is 1. The number of para-hydroxylation sites is 1. The van der Waals surface area contributed by atoms with E-state index in [2.05, 4.69) is 63.3 Å². The van der Waals surface area contributed by atoms with Gasteiger partial charge in [-0.3, -0.25) is 14.7 Å². The van der Waals surface area contributed by atoms with E-state index in [0.717, 1.165) is 87.9 Å². The summed E-state index contributed by atoms with van der Waals surface area (Å²) in [6, 6.07) is 11.1. The predicted molar refractivity (Wildman–Crippen MR) is 168 cm³/mol. The van der Waals surface area contributed by atoms with Crippen LogP contribution in [0.2, 0.25) is 0 Å². The third-order valence-electron chi connectivity index (χ3n) is 11.5. The van der Waals surface area contributed by atoms with E-state index in [1.807, 2.05) is 6.20 Å². The highest BCUT2D eigenvalue weighted by Crippen LogP contribution is 2.62. The second-order valence-corrected chi connectivity index (χ2v) is 13.9. The Morgan fingerprint density at radius 3 is 2.81 bits per heavy atom. The Morgan fingerprint density at radius 2 is 1.86 bits per heavy atom. The smallest absolute Gasteiger partial charge is 0.133 e. The zero-order valence-corrected chi connectivity index (χ0v) is 24.7. The Hall–Kier alpha value is -2.80. The van der Waals surface area contributed by atoms with E-state index in [-0.39, 0.29) is 11.5 Å². The first-order valence-electron chi connectivity index (χ1n) is 16.5. The number of aliphatic hydroxyl groups is 1. The molecule has 6 nitrogen and oxygen atoms in total. The average Bonchev–Trinajstić information content (AvgIpc) is 3.51. The predicted octanol–water partition coefficient (Wildman–Crippen LogP) is 6.26. The summed E-state index contributed by atoms with van der Waals surface area (Å²) in [5.74, 6) is 0.744. The number of piperidine rings is 1. The highest BCUT2D eigenvalue weighted by molar-refractivity contribution is 6.09. The van der Waals surface area contributed by atoms with Crippen LogP contribution in [0.15, 0.2) is 54.8 Å². The maximum atomic E-state index is 13.1. The van der Waals surface area contributed by atoms with Crippen molar-refractivity contribution < 1.29 is 9.90 Å².